The van der Waals surface area contributed by atoms with E-state index in [0.717, 1.165) is 0 Å². The third-order valence-corrected chi connectivity index (χ3v) is 7.56. The average molecular weight is 602 g/mol. The average Bonchev–Trinajstić information content (AvgIpc) is 2.75. The zero-order valence-corrected chi connectivity index (χ0v) is 21.4. The molecule has 0 bridgehead atoms. The summed E-state index contributed by atoms with van der Waals surface area (Å²) in [6.45, 7) is 0. The van der Waals surface area contributed by atoms with E-state index in [2.05, 4.69) is 0 Å². The van der Waals surface area contributed by atoms with Crippen LogP contribution in [0.4, 0.5) is 11.4 Å². The Hall–Kier alpha value is -0.530. The van der Waals surface area contributed by atoms with Gasteiger partial charge in [-0.05, 0) is 12.1 Å². The van der Waals surface area contributed by atoms with Gasteiger partial charge in [-0.1, -0.05) is 104 Å². The Bertz CT molecular complexity index is 1160. The van der Waals surface area contributed by atoms with Crippen molar-refractivity contribution >= 4 is 116 Å². The van der Waals surface area contributed by atoms with Crippen LogP contribution in [0.15, 0.2) is 18.2 Å². The van der Waals surface area contributed by atoms with E-state index in [4.69, 9.17) is 125 Å². The van der Waals surface area contributed by atoms with E-state index in [0.29, 0.717) is 0 Å². The van der Waals surface area contributed by atoms with Crippen LogP contribution in [0, 0.1) is 0 Å². The summed E-state index contributed by atoms with van der Waals surface area (Å²) < 4.78 is 11.5. The van der Waals surface area contributed by atoms with Crippen molar-refractivity contribution in [3.05, 3.63) is 63.4 Å². The molecule has 0 aliphatic heterocycles. The zero-order chi connectivity index (χ0) is 23.2. The molecule has 164 valence electrons. The molecule has 0 aliphatic rings. The van der Waals surface area contributed by atoms with Crippen LogP contribution in [0.2, 0.25) is 45.2 Å². The van der Waals surface area contributed by atoms with Gasteiger partial charge in [0.1, 0.15) is 31.6 Å². The first-order chi connectivity index (χ1) is 14.5. The van der Waals surface area contributed by atoms with E-state index in [1.54, 1.807) is 0 Å². The lowest BCUT2D eigenvalue weighted by Gasteiger charge is -2.17. The van der Waals surface area contributed by atoms with Crippen LogP contribution < -0.4 is 20.9 Å². The second-order valence-electron chi connectivity index (χ2n) is 5.79. The third kappa shape index (κ3) is 4.74. The Balaban J connectivity index is 2.04. The highest BCUT2D eigenvalue weighted by Crippen LogP contribution is 2.51. The van der Waals surface area contributed by atoms with Crippen molar-refractivity contribution in [2.45, 2.75) is 0 Å². The normalized spacial score (nSPS) is 11.0. The molecular weight excluding hydrogens is 595 g/mol. The van der Waals surface area contributed by atoms with Crippen LogP contribution in [0.25, 0.3) is 0 Å². The summed E-state index contributed by atoms with van der Waals surface area (Å²) in [5.41, 5.74) is 11.7. The lowest BCUT2D eigenvalue weighted by atomic mass is 10.2. The summed E-state index contributed by atoms with van der Waals surface area (Å²) in [5, 5.41) is -0.0352. The number of hydrogen-bond donors (Lipinski definition) is 2. The van der Waals surface area contributed by atoms with Crippen molar-refractivity contribution in [1.82, 2.24) is 0 Å². The molecule has 3 aromatic rings. The van der Waals surface area contributed by atoms with Gasteiger partial charge in [-0.3, -0.25) is 0 Å². The fourth-order valence-corrected chi connectivity index (χ4v) is 4.40. The summed E-state index contributed by atoms with van der Waals surface area (Å²) in [5.74, 6) is 0.241. The summed E-state index contributed by atoms with van der Waals surface area (Å²) in [4.78, 5) is 0. The van der Waals surface area contributed by atoms with Crippen LogP contribution in [0.5, 0.6) is 23.0 Å². The maximum absolute atomic E-state index is 6.23. The number of ether oxygens (including phenoxy) is 2. The highest BCUT2D eigenvalue weighted by atomic mass is 35.5. The van der Waals surface area contributed by atoms with Crippen LogP contribution >= 0.6 is 104 Å². The van der Waals surface area contributed by atoms with Gasteiger partial charge in [0.2, 0.25) is 0 Å². The maximum Gasteiger partial charge on any atom is 0.168 e. The predicted octanol–water partition coefficient (Wildman–Crippen LogP) is 10.3. The van der Waals surface area contributed by atoms with Gasteiger partial charge in [0.05, 0.1) is 36.5 Å². The molecule has 3 aromatic carbocycles. The van der Waals surface area contributed by atoms with Crippen molar-refractivity contribution in [3.63, 3.8) is 0 Å². The van der Waals surface area contributed by atoms with E-state index in [1.165, 1.54) is 18.2 Å². The van der Waals surface area contributed by atoms with Crippen LogP contribution in [-0.2, 0) is 0 Å². The van der Waals surface area contributed by atoms with Gasteiger partial charge in [-0.2, -0.15) is 0 Å². The first-order valence-electron chi connectivity index (χ1n) is 7.83. The topological polar surface area (TPSA) is 70.5 Å². The van der Waals surface area contributed by atoms with Crippen molar-refractivity contribution in [1.29, 1.82) is 0 Å². The highest BCUT2D eigenvalue weighted by molar-refractivity contribution is 6.53. The number of rotatable bonds is 4. The number of nitrogen functional groups attached to an aromatic ring is 2. The molecule has 13 heteroatoms. The van der Waals surface area contributed by atoms with E-state index in [-0.39, 0.29) is 79.6 Å². The first-order valence-corrected chi connectivity index (χ1v) is 11.2. The van der Waals surface area contributed by atoms with Crippen LogP contribution in [-0.4, -0.2) is 0 Å². The number of benzene rings is 3. The molecule has 0 aliphatic carbocycles. The molecule has 0 radical (unpaired) electrons. The molecule has 0 aromatic heterocycles. The van der Waals surface area contributed by atoms with E-state index in [9.17, 15) is 0 Å². The van der Waals surface area contributed by atoms with Crippen molar-refractivity contribution in [3.8, 4) is 23.0 Å². The standard InChI is InChI=1S/C18H7Cl9N2O2/c19-5-2-1-4(30-17-11(24)7(20)9(22)15(28)13(17)26)3-6(5)31-18-12(25)8(21)10(23)16(29)14(18)27/h1-3H,28-29H2. The minimum atomic E-state index is -0.0587. The van der Waals surface area contributed by atoms with Gasteiger partial charge < -0.3 is 20.9 Å². The lowest BCUT2D eigenvalue weighted by molar-refractivity contribution is 0.461. The highest BCUT2D eigenvalue weighted by Gasteiger charge is 2.23. The number of halogens is 9. The molecule has 0 saturated heterocycles. The smallest absolute Gasteiger partial charge is 0.168 e. The zero-order valence-electron chi connectivity index (χ0n) is 14.6. The summed E-state index contributed by atoms with van der Waals surface area (Å²) in [6.07, 6.45) is 0. The molecule has 0 spiro atoms. The fraction of sp³-hybridized carbons (Fsp3) is 0. The third-order valence-electron chi connectivity index (χ3n) is 3.85. The Morgan fingerprint density at radius 2 is 0.968 bits per heavy atom. The quantitative estimate of drug-likeness (QED) is 0.177. The molecule has 0 fully saturated rings. The molecule has 0 heterocycles. The second-order valence-corrected chi connectivity index (χ2v) is 9.22. The predicted molar refractivity (Wildman–Crippen MR) is 133 cm³/mol. The molecular formula is C18H7Cl9N2O2. The minimum Gasteiger partial charge on any atom is -0.454 e. The Kier molecular flexibility index (Phi) is 7.90. The van der Waals surface area contributed by atoms with Gasteiger partial charge in [0.15, 0.2) is 11.5 Å². The summed E-state index contributed by atoms with van der Waals surface area (Å²) >= 11 is 55.2. The maximum atomic E-state index is 6.23. The summed E-state index contributed by atoms with van der Waals surface area (Å²) in [7, 11) is 0. The number of nitrogens with two attached hydrogens (primary N) is 2. The van der Waals surface area contributed by atoms with E-state index in [1.807, 2.05) is 0 Å². The molecule has 3 rings (SSSR count). The molecule has 4 N–H and O–H groups in total. The molecule has 0 amide bonds. The van der Waals surface area contributed by atoms with Crippen molar-refractivity contribution < 1.29 is 9.47 Å². The number of hydrogen-bond acceptors (Lipinski definition) is 4. The first kappa shape index (κ1) is 25.1. The fourth-order valence-electron chi connectivity index (χ4n) is 2.29. The minimum absolute atomic E-state index is 0.00279. The molecule has 0 atom stereocenters. The van der Waals surface area contributed by atoms with Crippen LogP contribution in [0.3, 0.4) is 0 Å². The largest absolute Gasteiger partial charge is 0.454 e. The SMILES string of the molecule is Nc1c(Cl)c(Cl)c(Cl)c(Oc2ccc(Cl)c(Oc3c(Cl)c(N)c(Cl)c(Cl)c3Cl)c2)c1Cl. The van der Waals surface area contributed by atoms with Gasteiger partial charge >= 0.3 is 0 Å². The van der Waals surface area contributed by atoms with Gasteiger partial charge in [0.25, 0.3) is 0 Å². The van der Waals surface area contributed by atoms with Crippen molar-refractivity contribution in [2.75, 3.05) is 11.5 Å². The van der Waals surface area contributed by atoms with Gasteiger partial charge in [-0.15, -0.1) is 0 Å². The summed E-state index contributed by atoms with van der Waals surface area (Å²) in [6, 6.07) is 4.42. The Labute approximate surface area is 221 Å². The monoisotopic (exact) mass is 598 g/mol. The van der Waals surface area contributed by atoms with Crippen LogP contribution in [0.1, 0.15) is 0 Å². The van der Waals surface area contributed by atoms with Gasteiger partial charge in [0, 0.05) is 6.07 Å². The second kappa shape index (κ2) is 9.76. The van der Waals surface area contributed by atoms with E-state index < -0.39 is 0 Å². The Morgan fingerprint density at radius 3 is 1.45 bits per heavy atom. The molecule has 0 unspecified atom stereocenters. The Morgan fingerprint density at radius 1 is 0.516 bits per heavy atom. The van der Waals surface area contributed by atoms with Crippen molar-refractivity contribution in [2.24, 2.45) is 0 Å². The van der Waals surface area contributed by atoms with Gasteiger partial charge in [-0.25, -0.2) is 0 Å². The molecule has 0 saturated carbocycles. The number of anilines is 2. The lowest BCUT2D eigenvalue weighted by Crippen LogP contribution is -1.96. The van der Waals surface area contributed by atoms with E-state index >= 15 is 0 Å². The molecule has 31 heavy (non-hydrogen) atoms. The molecule has 4 nitrogen and oxygen atoms in total.